The minimum absolute atomic E-state index is 0.0401. The largest absolute Gasteiger partial charge is 0.493 e. The third-order valence-corrected chi connectivity index (χ3v) is 4.01. The smallest absolute Gasteiger partial charge is 0.251 e. The SMILES string of the molecule is O=C(NC1CCOc2ccccc21)c1ccc(-n2cnnn2)cc1. The van der Waals surface area contributed by atoms with Crippen LogP contribution in [0.3, 0.4) is 0 Å². The number of tetrazole rings is 1. The van der Waals surface area contributed by atoms with Crippen molar-refractivity contribution < 1.29 is 9.53 Å². The quantitative estimate of drug-likeness (QED) is 0.797. The van der Waals surface area contributed by atoms with Crippen LogP contribution in [0.25, 0.3) is 5.69 Å². The number of para-hydroxylation sites is 1. The Bertz CT molecular complexity index is 846. The van der Waals surface area contributed by atoms with Crippen LogP contribution in [0.1, 0.15) is 28.4 Å². The molecule has 0 radical (unpaired) electrons. The molecular weight excluding hydrogens is 306 g/mol. The van der Waals surface area contributed by atoms with Crippen molar-refractivity contribution >= 4 is 5.91 Å². The number of ether oxygens (including phenoxy) is 1. The lowest BCUT2D eigenvalue weighted by Gasteiger charge is -2.26. The molecule has 7 heteroatoms. The molecule has 120 valence electrons. The van der Waals surface area contributed by atoms with Crippen LogP contribution in [0.5, 0.6) is 5.75 Å². The molecule has 0 fully saturated rings. The Morgan fingerprint density at radius 2 is 2.00 bits per heavy atom. The zero-order valence-corrected chi connectivity index (χ0v) is 12.8. The Hall–Kier alpha value is -3.22. The van der Waals surface area contributed by atoms with Gasteiger partial charge in [0.05, 0.1) is 18.3 Å². The molecule has 1 aliphatic rings. The maximum absolute atomic E-state index is 12.5. The van der Waals surface area contributed by atoms with Gasteiger partial charge in [-0.15, -0.1) is 5.10 Å². The average molecular weight is 321 g/mol. The van der Waals surface area contributed by atoms with E-state index in [0.29, 0.717) is 12.2 Å². The molecule has 0 saturated heterocycles. The van der Waals surface area contributed by atoms with Crippen molar-refractivity contribution in [1.82, 2.24) is 25.5 Å². The lowest BCUT2D eigenvalue weighted by Crippen LogP contribution is -2.32. The second kappa shape index (κ2) is 6.11. The molecule has 4 rings (SSSR count). The maximum Gasteiger partial charge on any atom is 0.251 e. The Labute approximate surface area is 138 Å². The summed E-state index contributed by atoms with van der Waals surface area (Å²) in [5.41, 5.74) is 2.41. The van der Waals surface area contributed by atoms with Crippen molar-refractivity contribution in [3.05, 3.63) is 66.0 Å². The van der Waals surface area contributed by atoms with E-state index in [-0.39, 0.29) is 11.9 Å². The van der Waals surface area contributed by atoms with Crippen molar-refractivity contribution in [2.45, 2.75) is 12.5 Å². The molecular formula is C17H15N5O2. The van der Waals surface area contributed by atoms with Gasteiger partial charge in [-0.05, 0) is 40.8 Å². The first-order valence-electron chi connectivity index (χ1n) is 7.67. The third kappa shape index (κ3) is 2.71. The van der Waals surface area contributed by atoms with E-state index in [4.69, 9.17) is 4.74 Å². The minimum atomic E-state index is -0.111. The van der Waals surface area contributed by atoms with Gasteiger partial charge in [-0.3, -0.25) is 4.79 Å². The first kappa shape index (κ1) is 14.4. The maximum atomic E-state index is 12.5. The molecule has 24 heavy (non-hydrogen) atoms. The number of hydrogen-bond acceptors (Lipinski definition) is 5. The fourth-order valence-corrected chi connectivity index (χ4v) is 2.78. The van der Waals surface area contributed by atoms with E-state index in [1.807, 2.05) is 36.4 Å². The molecule has 1 atom stereocenters. The zero-order chi connectivity index (χ0) is 16.4. The Balaban J connectivity index is 1.51. The topological polar surface area (TPSA) is 81.9 Å². The second-order valence-electron chi connectivity index (χ2n) is 5.50. The molecule has 7 nitrogen and oxygen atoms in total. The molecule has 0 bridgehead atoms. The van der Waals surface area contributed by atoms with Crippen molar-refractivity contribution in [1.29, 1.82) is 0 Å². The van der Waals surface area contributed by atoms with Gasteiger partial charge in [-0.25, -0.2) is 4.68 Å². The molecule has 0 aliphatic carbocycles. The molecule has 1 unspecified atom stereocenters. The van der Waals surface area contributed by atoms with E-state index >= 15 is 0 Å². The summed E-state index contributed by atoms with van der Waals surface area (Å²) in [5, 5.41) is 14.1. The number of rotatable bonds is 3. The van der Waals surface area contributed by atoms with Gasteiger partial charge >= 0.3 is 0 Å². The summed E-state index contributed by atoms with van der Waals surface area (Å²) in [4.78, 5) is 12.5. The summed E-state index contributed by atoms with van der Waals surface area (Å²) >= 11 is 0. The van der Waals surface area contributed by atoms with E-state index in [2.05, 4.69) is 20.8 Å². The molecule has 1 N–H and O–H groups in total. The van der Waals surface area contributed by atoms with E-state index in [1.54, 1.807) is 12.1 Å². The van der Waals surface area contributed by atoms with Gasteiger partial charge in [0.25, 0.3) is 5.91 Å². The summed E-state index contributed by atoms with van der Waals surface area (Å²) in [5.74, 6) is 0.725. The summed E-state index contributed by atoms with van der Waals surface area (Å²) < 4.78 is 7.16. The van der Waals surface area contributed by atoms with Gasteiger partial charge < -0.3 is 10.1 Å². The van der Waals surface area contributed by atoms with Crippen LogP contribution >= 0.6 is 0 Å². The van der Waals surface area contributed by atoms with Gasteiger partial charge in [0, 0.05) is 17.5 Å². The van der Waals surface area contributed by atoms with Crippen molar-refractivity contribution in [3.63, 3.8) is 0 Å². The molecule has 1 amide bonds. The molecule has 1 aliphatic heterocycles. The zero-order valence-electron chi connectivity index (χ0n) is 12.8. The monoisotopic (exact) mass is 321 g/mol. The number of carbonyl (C=O) groups is 1. The highest BCUT2D eigenvalue weighted by Crippen LogP contribution is 2.31. The van der Waals surface area contributed by atoms with Crippen LogP contribution in [-0.4, -0.2) is 32.7 Å². The Morgan fingerprint density at radius 1 is 1.17 bits per heavy atom. The lowest BCUT2D eigenvalue weighted by atomic mass is 10.00. The van der Waals surface area contributed by atoms with Gasteiger partial charge in [-0.1, -0.05) is 18.2 Å². The molecule has 0 spiro atoms. The van der Waals surface area contributed by atoms with Crippen LogP contribution in [-0.2, 0) is 0 Å². The molecule has 0 saturated carbocycles. The average Bonchev–Trinajstić information content (AvgIpc) is 3.17. The first-order chi connectivity index (χ1) is 11.8. The highest BCUT2D eigenvalue weighted by molar-refractivity contribution is 5.94. The highest BCUT2D eigenvalue weighted by atomic mass is 16.5. The minimum Gasteiger partial charge on any atom is -0.493 e. The summed E-state index contributed by atoms with van der Waals surface area (Å²) in [6.45, 7) is 0.597. The van der Waals surface area contributed by atoms with Gasteiger partial charge in [0.1, 0.15) is 12.1 Å². The molecule has 3 aromatic rings. The Morgan fingerprint density at radius 3 is 2.79 bits per heavy atom. The number of aromatic nitrogens is 4. The predicted molar refractivity (Wildman–Crippen MR) is 85.9 cm³/mol. The van der Waals surface area contributed by atoms with Crippen LogP contribution in [0.15, 0.2) is 54.9 Å². The molecule has 2 heterocycles. The number of fused-ring (bicyclic) bond motifs is 1. The number of hydrogen-bond donors (Lipinski definition) is 1. The normalized spacial score (nSPS) is 16.1. The van der Waals surface area contributed by atoms with Crippen LogP contribution in [0, 0.1) is 0 Å². The third-order valence-electron chi connectivity index (χ3n) is 4.01. The second-order valence-corrected chi connectivity index (χ2v) is 5.50. The van der Waals surface area contributed by atoms with E-state index in [9.17, 15) is 4.79 Å². The van der Waals surface area contributed by atoms with Crippen molar-refractivity contribution in [3.8, 4) is 11.4 Å². The van der Waals surface area contributed by atoms with Crippen LogP contribution in [0.4, 0.5) is 0 Å². The highest BCUT2D eigenvalue weighted by Gasteiger charge is 2.23. The fourth-order valence-electron chi connectivity index (χ4n) is 2.78. The van der Waals surface area contributed by atoms with Gasteiger partial charge in [0.2, 0.25) is 0 Å². The van der Waals surface area contributed by atoms with Gasteiger partial charge in [0.15, 0.2) is 0 Å². The predicted octanol–water partition coefficient (Wildman–Crippen LogP) is 1.92. The Kier molecular flexibility index (Phi) is 3.66. The number of carbonyl (C=O) groups excluding carboxylic acids is 1. The van der Waals surface area contributed by atoms with Gasteiger partial charge in [-0.2, -0.15) is 0 Å². The fraction of sp³-hybridized carbons (Fsp3) is 0.176. The van der Waals surface area contributed by atoms with Crippen molar-refractivity contribution in [2.24, 2.45) is 0 Å². The van der Waals surface area contributed by atoms with Crippen molar-refractivity contribution in [2.75, 3.05) is 6.61 Å². The summed E-state index contributed by atoms with van der Waals surface area (Å²) in [6.07, 6.45) is 2.26. The van der Waals surface area contributed by atoms with Crippen LogP contribution in [0.2, 0.25) is 0 Å². The van der Waals surface area contributed by atoms with Crippen LogP contribution < -0.4 is 10.1 Å². The van der Waals surface area contributed by atoms with E-state index in [0.717, 1.165) is 23.4 Å². The molecule has 2 aromatic carbocycles. The number of amides is 1. The molecule has 1 aromatic heterocycles. The van der Waals surface area contributed by atoms with E-state index in [1.165, 1.54) is 11.0 Å². The summed E-state index contributed by atoms with van der Waals surface area (Å²) in [7, 11) is 0. The van der Waals surface area contributed by atoms with E-state index < -0.39 is 0 Å². The standard InChI is InChI=1S/C17H15N5O2/c23-17(12-5-7-13(8-6-12)22-11-18-20-21-22)19-15-9-10-24-16-4-2-1-3-14(15)16/h1-8,11,15H,9-10H2,(H,19,23). The number of benzene rings is 2. The lowest BCUT2D eigenvalue weighted by molar-refractivity contribution is 0.0925. The summed E-state index contributed by atoms with van der Waals surface area (Å²) in [6, 6.07) is 14.9. The first-order valence-corrected chi connectivity index (χ1v) is 7.67. The number of nitrogens with one attached hydrogen (secondary N) is 1. The number of nitrogens with zero attached hydrogens (tertiary/aromatic N) is 4.